The monoisotopic (exact) mass is 425 g/mol. The molecule has 6 atom stereocenters. The molecule has 1 radical (unpaired) electrons. The van der Waals surface area contributed by atoms with Gasteiger partial charge in [-0.05, 0) is 43.4 Å². The van der Waals surface area contributed by atoms with Crippen molar-refractivity contribution < 1.29 is 36.0 Å². The second-order valence-electron chi connectivity index (χ2n) is 6.99. The maximum Gasteiger partial charge on any atom is 3.00 e. The minimum Gasteiger partial charge on any atom is -0.366 e. The Hall–Kier alpha value is 0.0231. The van der Waals surface area contributed by atoms with Gasteiger partial charge in [0, 0.05) is 13.0 Å². The first-order valence-electron chi connectivity index (χ1n) is 8.57. The smallest absolute Gasteiger partial charge is 0.366 e. The molecule has 0 saturated heterocycles. The van der Waals surface area contributed by atoms with Gasteiger partial charge in [0.25, 0.3) is 0 Å². The molecule has 1 N–H and O–H groups in total. The minimum absolute atomic E-state index is 0. The number of aliphatic hydroxyl groups is 1. The van der Waals surface area contributed by atoms with Crippen molar-refractivity contribution in [3.05, 3.63) is 51.3 Å². The first-order valence-corrected chi connectivity index (χ1v) is 8.57. The van der Waals surface area contributed by atoms with Crippen LogP contribution >= 0.6 is 0 Å². The van der Waals surface area contributed by atoms with Gasteiger partial charge in [-0.15, -0.1) is 0 Å². The molecular weight excluding hydrogens is 387 g/mol. The molecule has 0 heterocycles. The van der Waals surface area contributed by atoms with Gasteiger partial charge in [-0.3, -0.25) is 0 Å². The van der Waals surface area contributed by atoms with E-state index in [0.717, 1.165) is 18.3 Å². The molecule has 1 aliphatic rings. The van der Waals surface area contributed by atoms with E-state index in [2.05, 4.69) is 33.8 Å². The topological polar surface area (TPSA) is 29.5 Å². The molecule has 1 fully saturated rings. The van der Waals surface area contributed by atoms with Crippen LogP contribution in [0.5, 0.6) is 0 Å². The zero-order chi connectivity index (χ0) is 16.8. The van der Waals surface area contributed by atoms with Crippen LogP contribution in [0.4, 0.5) is 0 Å². The van der Waals surface area contributed by atoms with Gasteiger partial charge in [-0.1, -0.05) is 27.7 Å². The Morgan fingerprint density at radius 2 is 1.36 bits per heavy atom. The Morgan fingerprint density at radius 3 is 1.64 bits per heavy atom. The summed E-state index contributed by atoms with van der Waals surface area (Å²) in [5.41, 5.74) is 0. The first kappa shape index (κ1) is 29.8. The first-order chi connectivity index (χ1) is 10.3. The summed E-state index contributed by atoms with van der Waals surface area (Å²) < 4.78 is 5.41. The predicted octanol–water partition coefficient (Wildman–Crippen LogP) is 5.68. The van der Waals surface area contributed by atoms with Gasteiger partial charge in [-0.2, -0.15) is 36.4 Å². The van der Waals surface area contributed by atoms with Gasteiger partial charge in [0.15, 0.2) is 5.79 Å². The third-order valence-corrected chi connectivity index (χ3v) is 5.52. The molecule has 1 aromatic carbocycles. The second kappa shape index (κ2) is 14.1. The Kier molecular flexibility index (Phi) is 16.8. The molecule has 5 unspecified atom stereocenters. The molecule has 0 aliphatic heterocycles. The van der Waals surface area contributed by atoms with Gasteiger partial charge in [0.2, 0.25) is 0 Å². The summed E-state index contributed by atoms with van der Waals surface area (Å²) >= 11 is 0. The van der Waals surface area contributed by atoms with Crippen molar-refractivity contribution in [2.75, 3.05) is 6.61 Å². The van der Waals surface area contributed by atoms with Crippen LogP contribution in [-0.2, 0) is 30.9 Å². The molecule has 0 bridgehead atoms. The summed E-state index contributed by atoms with van der Waals surface area (Å²) in [4.78, 5) is 0. The van der Waals surface area contributed by atoms with Crippen LogP contribution in [0.25, 0.3) is 0 Å². The minimum atomic E-state index is -0.953. The van der Waals surface area contributed by atoms with Crippen LogP contribution in [-0.4, -0.2) is 17.5 Å². The normalized spacial score (nSPS) is 29.6. The Morgan fingerprint density at radius 1 is 0.920 bits per heavy atom. The number of hydrogen-bond donors (Lipinski definition) is 1. The molecular formula is C22H39O2Zr. The molecule has 1 aromatic rings. The zero-order valence-corrected chi connectivity index (χ0v) is 20.0. The van der Waals surface area contributed by atoms with Crippen LogP contribution in [0.2, 0.25) is 0 Å². The van der Waals surface area contributed by atoms with Crippen LogP contribution in [0.1, 0.15) is 48.0 Å². The van der Waals surface area contributed by atoms with Gasteiger partial charge in [0.1, 0.15) is 0 Å². The van der Waals surface area contributed by atoms with Crippen LogP contribution in [0.15, 0.2) is 30.3 Å². The van der Waals surface area contributed by atoms with Crippen molar-refractivity contribution >= 4 is 0 Å². The third kappa shape index (κ3) is 9.50. The Labute approximate surface area is 176 Å². The van der Waals surface area contributed by atoms with E-state index in [9.17, 15) is 5.11 Å². The molecule has 143 valence electrons. The average molecular weight is 427 g/mol. The van der Waals surface area contributed by atoms with E-state index < -0.39 is 5.79 Å². The summed E-state index contributed by atoms with van der Waals surface area (Å²) in [5, 5.41) is 10.2. The van der Waals surface area contributed by atoms with Gasteiger partial charge in [0.05, 0.1) is 0 Å². The van der Waals surface area contributed by atoms with Crippen LogP contribution < -0.4 is 0 Å². The maximum absolute atomic E-state index is 10.2. The molecule has 0 amide bonds. The number of benzene rings is 1. The molecule has 0 spiro atoms. The molecule has 3 heteroatoms. The van der Waals surface area contributed by atoms with E-state index in [1.807, 2.05) is 37.3 Å². The molecule has 25 heavy (non-hydrogen) atoms. The van der Waals surface area contributed by atoms with Crippen molar-refractivity contribution in [3.8, 4) is 0 Å². The van der Waals surface area contributed by atoms with E-state index in [4.69, 9.17) is 4.74 Å². The fourth-order valence-electron chi connectivity index (χ4n) is 3.74. The molecule has 0 aromatic heterocycles. The second-order valence-corrected chi connectivity index (χ2v) is 6.99. The molecule has 2 rings (SSSR count). The van der Waals surface area contributed by atoms with Crippen molar-refractivity contribution in [2.24, 2.45) is 29.6 Å². The van der Waals surface area contributed by atoms with Crippen LogP contribution in [0, 0.1) is 50.5 Å². The van der Waals surface area contributed by atoms with Gasteiger partial charge >= 0.3 is 26.2 Å². The van der Waals surface area contributed by atoms with Gasteiger partial charge in [-0.25, -0.2) is 0 Å². The Balaban J connectivity index is -0.000000461. The summed E-state index contributed by atoms with van der Waals surface area (Å²) in [6, 6.07) is 12.5. The summed E-state index contributed by atoms with van der Waals surface area (Å²) in [7, 11) is 0. The third-order valence-electron chi connectivity index (χ3n) is 5.52. The van der Waals surface area contributed by atoms with E-state index in [0.29, 0.717) is 24.4 Å². The SMILES string of the molecule is CCOC(C)(O)CC1C(C)C(C)C(C)[C@@H]1C.[CH3-].[CH3-].[Zr+3].[c-]1ccccc1. The van der Waals surface area contributed by atoms with E-state index in [1.54, 1.807) is 6.92 Å². The van der Waals surface area contributed by atoms with Crippen LogP contribution in [0.3, 0.4) is 0 Å². The summed E-state index contributed by atoms with van der Waals surface area (Å²) in [6.45, 7) is 13.6. The van der Waals surface area contributed by atoms with Crippen molar-refractivity contribution in [1.29, 1.82) is 0 Å². The van der Waals surface area contributed by atoms with Gasteiger partial charge < -0.3 is 24.7 Å². The molecule has 1 aliphatic carbocycles. The largest absolute Gasteiger partial charge is 3.00 e. The summed E-state index contributed by atoms with van der Waals surface area (Å²) in [6.07, 6.45) is 0.762. The zero-order valence-electron chi connectivity index (χ0n) is 17.5. The van der Waals surface area contributed by atoms with E-state index >= 15 is 0 Å². The fourth-order valence-corrected chi connectivity index (χ4v) is 3.74. The number of ether oxygens (including phenoxy) is 1. The summed E-state index contributed by atoms with van der Waals surface area (Å²) in [5.74, 6) is 2.47. The fraction of sp³-hybridized carbons (Fsp3) is 0.636. The number of rotatable bonds is 4. The van der Waals surface area contributed by atoms with E-state index in [-0.39, 0.29) is 41.1 Å². The maximum atomic E-state index is 10.2. The van der Waals surface area contributed by atoms with Crippen molar-refractivity contribution in [2.45, 2.75) is 53.8 Å². The predicted molar refractivity (Wildman–Crippen MR) is 105 cm³/mol. The van der Waals surface area contributed by atoms with Crippen molar-refractivity contribution in [1.82, 2.24) is 0 Å². The quantitative estimate of drug-likeness (QED) is 0.496. The standard InChI is InChI=1S/C14H28O2.C6H5.2CH3.Zr/c1-7-16-14(6,15)8-13-11(4)9(2)10(3)12(13)5;1-2-4-6-5-3-1;;;/h9-13,15H,7-8H2,1-6H3;1-5H;2*1H3;/q;3*-1;+3/t9?,10?,11-,12?,13?,14?;;;;/m0..../s1. The number of hydrogen-bond acceptors (Lipinski definition) is 2. The molecule has 1 saturated carbocycles. The molecule has 2 nitrogen and oxygen atoms in total. The average Bonchev–Trinajstić information content (AvgIpc) is 2.67. The van der Waals surface area contributed by atoms with Crippen molar-refractivity contribution in [3.63, 3.8) is 0 Å². The van der Waals surface area contributed by atoms with E-state index in [1.165, 1.54) is 0 Å². The Bertz CT molecular complexity index is 367.